The van der Waals surface area contributed by atoms with Crippen molar-refractivity contribution in [1.82, 2.24) is 10.6 Å². The Labute approximate surface area is 71.2 Å². The molecule has 0 radical (unpaired) electrons. The van der Waals surface area contributed by atoms with Gasteiger partial charge in [0.15, 0.2) is 5.03 Å². The fourth-order valence-corrected chi connectivity index (χ4v) is 0.762. The third kappa shape index (κ3) is 1.37. The smallest absolute Gasteiger partial charge is 0.349 e. The van der Waals surface area contributed by atoms with E-state index in [0.29, 0.717) is 0 Å². The van der Waals surface area contributed by atoms with E-state index in [-0.39, 0.29) is 0 Å². The average molecular weight is 191 g/mol. The zero-order chi connectivity index (χ0) is 9.30. The SMILES string of the molecule is O=C1NC(=O)/C(=C(/Cl)C(=O)O)N1. The van der Waals surface area contributed by atoms with Gasteiger partial charge in [0.2, 0.25) is 0 Å². The Balaban J connectivity index is 3.03. The largest absolute Gasteiger partial charge is 0.477 e. The minimum absolute atomic E-state index is 0.436. The lowest BCUT2D eigenvalue weighted by Crippen LogP contribution is -2.22. The Morgan fingerprint density at radius 2 is 1.92 bits per heavy atom. The molecule has 12 heavy (non-hydrogen) atoms. The van der Waals surface area contributed by atoms with E-state index in [1.54, 1.807) is 0 Å². The van der Waals surface area contributed by atoms with E-state index in [4.69, 9.17) is 16.7 Å². The molecular weight excluding hydrogens is 188 g/mol. The van der Waals surface area contributed by atoms with Crippen LogP contribution in [0.1, 0.15) is 0 Å². The molecule has 3 N–H and O–H groups in total. The fourth-order valence-electron chi connectivity index (χ4n) is 0.629. The molecule has 3 amide bonds. The lowest BCUT2D eigenvalue weighted by Gasteiger charge is -1.93. The topological polar surface area (TPSA) is 95.5 Å². The Morgan fingerprint density at radius 1 is 1.33 bits per heavy atom. The molecule has 1 heterocycles. The van der Waals surface area contributed by atoms with Crippen LogP contribution < -0.4 is 10.6 Å². The van der Waals surface area contributed by atoms with E-state index in [2.05, 4.69) is 0 Å². The van der Waals surface area contributed by atoms with Crippen molar-refractivity contribution in [2.45, 2.75) is 0 Å². The monoisotopic (exact) mass is 190 g/mol. The lowest BCUT2D eigenvalue weighted by atomic mass is 10.4. The quantitative estimate of drug-likeness (QED) is 0.379. The van der Waals surface area contributed by atoms with Crippen molar-refractivity contribution in [2.75, 3.05) is 0 Å². The molecule has 0 aliphatic carbocycles. The minimum Gasteiger partial charge on any atom is -0.477 e. The van der Waals surface area contributed by atoms with Gasteiger partial charge in [0.1, 0.15) is 5.70 Å². The maximum absolute atomic E-state index is 10.7. The first kappa shape index (κ1) is 8.54. The number of hydrogen-bond donors (Lipinski definition) is 3. The Hall–Kier alpha value is -1.56. The maximum Gasteiger partial charge on any atom is 0.349 e. The third-order valence-electron chi connectivity index (χ3n) is 1.10. The molecule has 0 aromatic carbocycles. The summed E-state index contributed by atoms with van der Waals surface area (Å²) in [6.07, 6.45) is 0. The molecule has 7 heteroatoms. The second kappa shape index (κ2) is 2.82. The van der Waals surface area contributed by atoms with E-state index in [0.717, 1.165) is 0 Å². The van der Waals surface area contributed by atoms with Gasteiger partial charge in [-0.1, -0.05) is 11.6 Å². The molecule has 0 aromatic rings. The van der Waals surface area contributed by atoms with Gasteiger partial charge >= 0.3 is 12.0 Å². The summed E-state index contributed by atoms with van der Waals surface area (Å²) in [4.78, 5) is 31.4. The standard InChI is InChI=1S/C5H3ClN2O4/c6-1(4(10)11)2-3(9)8-5(12)7-2/h(H,10,11)(H2,7,8,9,12)/b2-1-. The molecule has 0 saturated carbocycles. The van der Waals surface area contributed by atoms with Crippen LogP contribution in [-0.2, 0) is 9.59 Å². The van der Waals surface area contributed by atoms with Crippen LogP contribution in [0.3, 0.4) is 0 Å². The number of aliphatic carboxylic acids is 1. The number of carboxylic acid groups (broad SMARTS) is 1. The van der Waals surface area contributed by atoms with Crippen LogP contribution in [-0.4, -0.2) is 23.0 Å². The first-order valence-corrected chi connectivity index (χ1v) is 3.15. The fraction of sp³-hybridized carbons (Fsp3) is 0. The number of carboxylic acids is 1. The molecule has 1 aliphatic rings. The van der Waals surface area contributed by atoms with E-state index in [1.165, 1.54) is 0 Å². The highest BCUT2D eigenvalue weighted by Crippen LogP contribution is 2.10. The summed E-state index contributed by atoms with van der Waals surface area (Å²) in [6.45, 7) is 0. The molecule has 0 aromatic heterocycles. The van der Waals surface area contributed by atoms with Crippen LogP contribution in [0.4, 0.5) is 4.79 Å². The van der Waals surface area contributed by atoms with Gasteiger partial charge in [-0.2, -0.15) is 0 Å². The molecule has 64 valence electrons. The second-order valence-corrected chi connectivity index (χ2v) is 2.28. The van der Waals surface area contributed by atoms with Crippen molar-refractivity contribution in [2.24, 2.45) is 0 Å². The molecule has 1 rings (SSSR count). The highest BCUT2D eigenvalue weighted by atomic mass is 35.5. The van der Waals surface area contributed by atoms with Crippen LogP contribution >= 0.6 is 11.6 Å². The van der Waals surface area contributed by atoms with Crippen molar-refractivity contribution >= 4 is 29.5 Å². The summed E-state index contributed by atoms with van der Waals surface area (Å²) in [5, 5.41) is 11.4. The molecule has 0 atom stereocenters. The van der Waals surface area contributed by atoms with E-state index >= 15 is 0 Å². The van der Waals surface area contributed by atoms with Gasteiger partial charge in [-0.05, 0) is 0 Å². The van der Waals surface area contributed by atoms with Gasteiger partial charge in [-0.25, -0.2) is 9.59 Å². The summed E-state index contributed by atoms with van der Waals surface area (Å²) in [5.41, 5.74) is -0.436. The number of urea groups is 1. The Morgan fingerprint density at radius 3 is 2.25 bits per heavy atom. The molecule has 0 spiro atoms. The first-order chi connectivity index (χ1) is 5.52. The minimum atomic E-state index is -1.47. The zero-order valence-electron chi connectivity index (χ0n) is 5.55. The highest BCUT2D eigenvalue weighted by Gasteiger charge is 2.28. The van der Waals surface area contributed by atoms with Crippen molar-refractivity contribution < 1.29 is 19.5 Å². The number of amides is 3. The molecule has 1 saturated heterocycles. The maximum atomic E-state index is 10.7. The van der Waals surface area contributed by atoms with Gasteiger partial charge in [0.05, 0.1) is 0 Å². The number of halogens is 1. The predicted octanol–water partition coefficient (Wildman–Crippen LogP) is -0.639. The number of carbonyl (C=O) groups excluding carboxylic acids is 2. The van der Waals surface area contributed by atoms with Crippen LogP contribution in [0.15, 0.2) is 10.7 Å². The summed E-state index contributed by atoms with van der Waals surface area (Å²) < 4.78 is 0. The number of hydrogen-bond acceptors (Lipinski definition) is 3. The lowest BCUT2D eigenvalue weighted by molar-refractivity contribution is -0.132. The number of carbonyl (C=O) groups is 3. The second-order valence-electron chi connectivity index (χ2n) is 1.90. The van der Waals surface area contributed by atoms with Gasteiger partial charge in [0, 0.05) is 0 Å². The van der Waals surface area contributed by atoms with Crippen molar-refractivity contribution in [3.63, 3.8) is 0 Å². The zero-order valence-corrected chi connectivity index (χ0v) is 6.31. The molecule has 0 bridgehead atoms. The highest BCUT2D eigenvalue weighted by molar-refractivity contribution is 6.43. The van der Waals surface area contributed by atoms with Gasteiger partial charge in [-0.3, -0.25) is 10.1 Å². The summed E-state index contributed by atoms with van der Waals surface area (Å²) in [5.74, 6) is -2.31. The van der Waals surface area contributed by atoms with Crippen LogP contribution in [0, 0.1) is 0 Å². The van der Waals surface area contributed by atoms with Crippen LogP contribution in [0.25, 0.3) is 0 Å². The van der Waals surface area contributed by atoms with Crippen molar-refractivity contribution in [3.05, 3.63) is 10.7 Å². The number of rotatable bonds is 1. The molecule has 1 fully saturated rings. The normalized spacial score (nSPS) is 20.1. The summed E-state index contributed by atoms with van der Waals surface area (Å²) >= 11 is 5.19. The van der Waals surface area contributed by atoms with Gasteiger partial charge < -0.3 is 10.4 Å². The number of imide groups is 1. The van der Waals surface area contributed by atoms with E-state index in [1.807, 2.05) is 10.6 Å². The van der Waals surface area contributed by atoms with Crippen LogP contribution in [0.2, 0.25) is 0 Å². The Kier molecular flexibility index (Phi) is 2.01. The summed E-state index contributed by atoms with van der Waals surface area (Å²) in [7, 11) is 0. The van der Waals surface area contributed by atoms with Crippen molar-refractivity contribution in [3.8, 4) is 0 Å². The first-order valence-electron chi connectivity index (χ1n) is 2.77. The molecular formula is C5H3ClN2O4. The van der Waals surface area contributed by atoms with Crippen LogP contribution in [0.5, 0.6) is 0 Å². The summed E-state index contributed by atoms with van der Waals surface area (Å²) in [6, 6.07) is -0.783. The van der Waals surface area contributed by atoms with Gasteiger partial charge in [-0.15, -0.1) is 0 Å². The number of nitrogens with one attached hydrogen (secondary N) is 2. The Bertz CT molecular complexity index is 309. The molecule has 0 unspecified atom stereocenters. The van der Waals surface area contributed by atoms with Crippen molar-refractivity contribution in [1.29, 1.82) is 0 Å². The van der Waals surface area contributed by atoms with Gasteiger partial charge in [0.25, 0.3) is 5.91 Å². The van der Waals surface area contributed by atoms with E-state index in [9.17, 15) is 14.4 Å². The predicted molar refractivity (Wildman–Crippen MR) is 37.2 cm³/mol. The van der Waals surface area contributed by atoms with E-state index < -0.39 is 28.6 Å². The molecule has 1 aliphatic heterocycles. The third-order valence-corrected chi connectivity index (χ3v) is 1.45. The average Bonchev–Trinajstić information content (AvgIpc) is 2.28. The molecule has 6 nitrogen and oxygen atoms in total.